The van der Waals surface area contributed by atoms with Crippen LogP contribution in [0.25, 0.3) is 10.9 Å². The Labute approximate surface area is 133 Å². The molecule has 0 saturated heterocycles. The standard InChI is InChI=1S/C17H18N4O2/c1-20-11-14(16(22)13-5-2-3-6-15(13)20)17(23)19-7-4-9-21-10-8-18-12-21/h2-3,5-6,8,10-12H,4,7,9H2,1H3,(H,19,23). The van der Waals surface area contributed by atoms with Gasteiger partial charge in [-0.15, -0.1) is 0 Å². The first-order valence-corrected chi connectivity index (χ1v) is 7.49. The number of hydrogen-bond acceptors (Lipinski definition) is 3. The van der Waals surface area contributed by atoms with Crippen LogP contribution >= 0.6 is 0 Å². The Bertz CT molecular complexity index is 881. The molecule has 3 rings (SSSR count). The molecule has 0 aliphatic carbocycles. The highest BCUT2D eigenvalue weighted by molar-refractivity contribution is 5.97. The molecule has 2 aromatic heterocycles. The molecule has 6 nitrogen and oxygen atoms in total. The van der Waals surface area contributed by atoms with Gasteiger partial charge in [-0.2, -0.15) is 0 Å². The highest BCUT2D eigenvalue weighted by Crippen LogP contribution is 2.10. The summed E-state index contributed by atoms with van der Waals surface area (Å²) in [6.07, 6.45) is 7.70. The predicted octanol–water partition coefficient (Wildman–Crippen LogP) is 1.56. The lowest BCUT2D eigenvalue weighted by Crippen LogP contribution is -2.30. The van der Waals surface area contributed by atoms with Crippen molar-refractivity contribution < 1.29 is 4.79 Å². The zero-order valence-electron chi connectivity index (χ0n) is 12.9. The average Bonchev–Trinajstić information content (AvgIpc) is 3.08. The van der Waals surface area contributed by atoms with Gasteiger partial charge in [-0.05, 0) is 18.6 Å². The first-order valence-electron chi connectivity index (χ1n) is 7.49. The maximum absolute atomic E-state index is 12.5. The molecule has 23 heavy (non-hydrogen) atoms. The van der Waals surface area contributed by atoms with Crippen molar-refractivity contribution >= 4 is 16.8 Å². The zero-order chi connectivity index (χ0) is 16.2. The smallest absolute Gasteiger partial charge is 0.256 e. The fourth-order valence-electron chi connectivity index (χ4n) is 2.58. The number of para-hydroxylation sites is 1. The molecule has 0 aliphatic heterocycles. The van der Waals surface area contributed by atoms with Crippen LogP contribution < -0.4 is 10.7 Å². The van der Waals surface area contributed by atoms with E-state index in [-0.39, 0.29) is 16.9 Å². The number of imidazole rings is 1. The molecule has 1 amide bonds. The number of fused-ring (bicyclic) bond motifs is 1. The van der Waals surface area contributed by atoms with Gasteiger partial charge in [-0.3, -0.25) is 9.59 Å². The molecule has 1 aromatic carbocycles. The maximum Gasteiger partial charge on any atom is 0.256 e. The average molecular weight is 310 g/mol. The summed E-state index contributed by atoms with van der Waals surface area (Å²) in [4.78, 5) is 28.7. The number of hydrogen-bond donors (Lipinski definition) is 1. The van der Waals surface area contributed by atoms with E-state index in [9.17, 15) is 9.59 Å². The second-order valence-corrected chi connectivity index (χ2v) is 5.41. The molecule has 0 atom stereocenters. The number of aryl methyl sites for hydroxylation is 2. The minimum Gasteiger partial charge on any atom is -0.352 e. The Hall–Kier alpha value is -2.89. The van der Waals surface area contributed by atoms with Crippen LogP contribution in [0.1, 0.15) is 16.8 Å². The molecule has 0 fully saturated rings. The van der Waals surface area contributed by atoms with Crippen LogP contribution in [0, 0.1) is 0 Å². The van der Waals surface area contributed by atoms with Gasteiger partial charge < -0.3 is 14.5 Å². The van der Waals surface area contributed by atoms with Gasteiger partial charge in [-0.1, -0.05) is 12.1 Å². The van der Waals surface area contributed by atoms with Crippen LogP contribution in [0.4, 0.5) is 0 Å². The van der Waals surface area contributed by atoms with Gasteiger partial charge in [0.2, 0.25) is 5.43 Å². The molecule has 0 spiro atoms. The van der Waals surface area contributed by atoms with Gasteiger partial charge in [0.15, 0.2) is 0 Å². The molecule has 2 heterocycles. The van der Waals surface area contributed by atoms with Crippen molar-refractivity contribution in [2.75, 3.05) is 6.54 Å². The minimum absolute atomic E-state index is 0.175. The molecule has 6 heteroatoms. The van der Waals surface area contributed by atoms with E-state index in [1.807, 2.05) is 29.9 Å². The Morgan fingerprint density at radius 1 is 1.30 bits per heavy atom. The van der Waals surface area contributed by atoms with Crippen molar-refractivity contribution in [1.29, 1.82) is 0 Å². The predicted molar refractivity (Wildman–Crippen MR) is 88.4 cm³/mol. The van der Waals surface area contributed by atoms with Gasteiger partial charge in [0.25, 0.3) is 5.91 Å². The molecule has 0 saturated carbocycles. The number of amides is 1. The van der Waals surface area contributed by atoms with E-state index in [0.717, 1.165) is 18.5 Å². The number of rotatable bonds is 5. The Kier molecular flexibility index (Phi) is 4.23. The van der Waals surface area contributed by atoms with E-state index in [4.69, 9.17) is 0 Å². The van der Waals surface area contributed by atoms with Gasteiger partial charge in [-0.25, -0.2) is 4.98 Å². The van der Waals surface area contributed by atoms with Crippen molar-refractivity contribution in [2.45, 2.75) is 13.0 Å². The first kappa shape index (κ1) is 15.0. The van der Waals surface area contributed by atoms with Crippen LogP contribution in [0.3, 0.4) is 0 Å². The Morgan fingerprint density at radius 2 is 2.13 bits per heavy atom. The normalized spacial score (nSPS) is 10.8. The summed E-state index contributed by atoms with van der Waals surface area (Å²) < 4.78 is 3.75. The van der Waals surface area contributed by atoms with E-state index in [2.05, 4.69) is 10.3 Å². The topological polar surface area (TPSA) is 68.9 Å². The second kappa shape index (κ2) is 6.48. The third-order valence-corrected chi connectivity index (χ3v) is 3.78. The van der Waals surface area contributed by atoms with Crippen molar-refractivity contribution in [3.8, 4) is 0 Å². The van der Waals surface area contributed by atoms with Gasteiger partial charge >= 0.3 is 0 Å². The number of benzene rings is 1. The molecule has 0 bridgehead atoms. The number of pyridine rings is 1. The lowest BCUT2D eigenvalue weighted by molar-refractivity contribution is 0.0951. The second-order valence-electron chi connectivity index (χ2n) is 5.41. The quantitative estimate of drug-likeness (QED) is 0.727. The van der Waals surface area contributed by atoms with E-state index >= 15 is 0 Å². The maximum atomic E-state index is 12.5. The summed E-state index contributed by atoms with van der Waals surface area (Å²) >= 11 is 0. The zero-order valence-corrected chi connectivity index (χ0v) is 12.9. The number of nitrogens with zero attached hydrogens (tertiary/aromatic N) is 3. The number of nitrogens with one attached hydrogen (secondary N) is 1. The monoisotopic (exact) mass is 310 g/mol. The number of aromatic nitrogens is 3. The molecule has 1 N–H and O–H groups in total. The van der Waals surface area contributed by atoms with Gasteiger partial charge in [0.05, 0.1) is 11.8 Å². The van der Waals surface area contributed by atoms with Crippen LogP contribution in [0.15, 0.2) is 54.0 Å². The van der Waals surface area contributed by atoms with Gasteiger partial charge in [0, 0.05) is 44.1 Å². The fourth-order valence-corrected chi connectivity index (χ4v) is 2.58. The first-order chi connectivity index (χ1) is 11.2. The summed E-state index contributed by atoms with van der Waals surface area (Å²) in [6, 6.07) is 7.28. The lowest BCUT2D eigenvalue weighted by Gasteiger charge is -2.09. The largest absolute Gasteiger partial charge is 0.352 e. The summed E-state index contributed by atoms with van der Waals surface area (Å²) in [5.41, 5.74) is 0.758. The molecule has 0 radical (unpaired) electrons. The SMILES string of the molecule is Cn1cc(C(=O)NCCCn2ccnc2)c(=O)c2ccccc21. The summed E-state index contributed by atoms with van der Waals surface area (Å²) in [7, 11) is 1.83. The van der Waals surface area contributed by atoms with E-state index < -0.39 is 0 Å². The Balaban J connectivity index is 1.71. The number of carbonyl (C=O) groups excluding carboxylic acids is 1. The number of carbonyl (C=O) groups is 1. The molecule has 3 aromatic rings. The van der Waals surface area contributed by atoms with Crippen LogP contribution in [-0.2, 0) is 13.6 Å². The van der Waals surface area contributed by atoms with E-state index in [1.165, 1.54) is 0 Å². The molecular formula is C17H18N4O2. The molecule has 0 unspecified atom stereocenters. The molecular weight excluding hydrogens is 292 g/mol. The van der Waals surface area contributed by atoms with E-state index in [1.54, 1.807) is 35.4 Å². The van der Waals surface area contributed by atoms with Crippen LogP contribution in [0.2, 0.25) is 0 Å². The summed E-state index contributed by atoms with van der Waals surface area (Å²) in [5, 5.41) is 3.36. The molecule has 0 aliphatic rings. The van der Waals surface area contributed by atoms with Crippen LogP contribution in [0.5, 0.6) is 0 Å². The van der Waals surface area contributed by atoms with E-state index in [0.29, 0.717) is 11.9 Å². The highest BCUT2D eigenvalue weighted by atomic mass is 16.2. The highest BCUT2D eigenvalue weighted by Gasteiger charge is 2.13. The fraction of sp³-hybridized carbons (Fsp3) is 0.235. The Morgan fingerprint density at radius 3 is 2.91 bits per heavy atom. The van der Waals surface area contributed by atoms with Crippen molar-refractivity contribution in [1.82, 2.24) is 19.4 Å². The lowest BCUT2D eigenvalue weighted by atomic mass is 10.1. The summed E-state index contributed by atoms with van der Waals surface area (Å²) in [6.45, 7) is 1.28. The summed E-state index contributed by atoms with van der Waals surface area (Å²) in [5.74, 6) is -0.331. The van der Waals surface area contributed by atoms with Crippen LogP contribution in [-0.4, -0.2) is 26.6 Å². The van der Waals surface area contributed by atoms with Crippen molar-refractivity contribution in [3.63, 3.8) is 0 Å². The van der Waals surface area contributed by atoms with Crippen molar-refractivity contribution in [2.24, 2.45) is 7.05 Å². The molecule has 118 valence electrons. The third kappa shape index (κ3) is 3.15. The van der Waals surface area contributed by atoms with Gasteiger partial charge in [0.1, 0.15) is 5.56 Å². The minimum atomic E-state index is -0.331. The van der Waals surface area contributed by atoms with Crippen molar-refractivity contribution in [3.05, 3.63) is 65.0 Å². The third-order valence-electron chi connectivity index (χ3n) is 3.78.